The van der Waals surface area contributed by atoms with Crippen molar-refractivity contribution in [3.63, 3.8) is 0 Å². The highest BCUT2D eigenvalue weighted by atomic mass is 32.2. The van der Waals surface area contributed by atoms with Crippen LogP contribution in [0.5, 0.6) is 5.75 Å². The first-order valence-electron chi connectivity index (χ1n) is 6.82. The third kappa shape index (κ3) is 2.01. The molecule has 4 nitrogen and oxygen atoms in total. The minimum atomic E-state index is -2.18. The van der Waals surface area contributed by atoms with Gasteiger partial charge in [-0.3, -0.25) is 9.19 Å². The topological polar surface area (TPSA) is 73.2 Å². The molecule has 1 aromatic heterocycles. The lowest BCUT2D eigenvalue weighted by molar-refractivity contribution is 0.369. The molecule has 3 rings (SSSR count). The van der Waals surface area contributed by atoms with Crippen LogP contribution in [0.4, 0.5) is 0 Å². The number of phenolic OH excluding ortho intramolecular Hbond substituents is 1. The van der Waals surface area contributed by atoms with Gasteiger partial charge >= 0.3 is 0 Å². The maximum absolute atomic E-state index is 11.9. The van der Waals surface area contributed by atoms with Crippen molar-refractivity contribution >= 4 is 22.0 Å². The molecule has 2 aromatic rings. The molecule has 0 bridgehead atoms. The largest absolute Gasteiger partial charge is 0.772 e. The lowest BCUT2D eigenvalue weighted by atomic mass is 9.81. The van der Waals surface area contributed by atoms with E-state index in [0.29, 0.717) is 18.4 Å². The van der Waals surface area contributed by atoms with Crippen molar-refractivity contribution in [3.05, 3.63) is 36.0 Å². The van der Waals surface area contributed by atoms with Gasteiger partial charge in [0.1, 0.15) is 11.3 Å². The number of hydrogen-bond donors (Lipinski definition) is 1. The molecule has 0 spiro atoms. The van der Waals surface area contributed by atoms with Crippen LogP contribution in [0, 0.1) is 0 Å². The Labute approximate surface area is 120 Å². The molecule has 106 valence electrons. The van der Waals surface area contributed by atoms with Crippen LogP contribution >= 0.6 is 0 Å². The number of aromatic nitrogens is 1. The second-order valence-corrected chi connectivity index (χ2v) is 6.57. The van der Waals surface area contributed by atoms with Crippen molar-refractivity contribution in [3.8, 4) is 5.75 Å². The minimum absolute atomic E-state index is 0.0898. The van der Waals surface area contributed by atoms with Gasteiger partial charge in [-0.15, -0.1) is 0 Å². The van der Waals surface area contributed by atoms with Crippen LogP contribution in [-0.4, -0.2) is 18.9 Å². The summed E-state index contributed by atoms with van der Waals surface area (Å²) in [7, 11) is 0. The van der Waals surface area contributed by atoms with Crippen LogP contribution in [0.2, 0.25) is 0 Å². The van der Waals surface area contributed by atoms with Crippen molar-refractivity contribution in [1.82, 2.24) is 4.98 Å². The Bertz CT molecular complexity index is 665. The zero-order chi connectivity index (χ0) is 14.2. The van der Waals surface area contributed by atoms with Crippen LogP contribution in [0.15, 0.2) is 30.5 Å². The van der Waals surface area contributed by atoms with Crippen molar-refractivity contribution in [2.24, 2.45) is 0 Å². The summed E-state index contributed by atoms with van der Waals surface area (Å²) in [6.07, 6.45) is 5.78. The first kappa shape index (κ1) is 13.5. The highest BCUT2D eigenvalue weighted by Gasteiger charge is 2.36. The number of nitrogens with zero attached hydrogens (tertiary/aromatic N) is 1. The Hall–Kier alpha value is -1.46. The Morgan fingerprint density at radius 3 is 2.65 bits per heavy atom. The van der Waals surface area contributed by atoms with Crippen LogP contribution in [0.1, 0.15) is 37.7 Å². The highest BCUT2D eigenvalue weighted by molar-refractivity contribution is 7.80. The molecule has 0 radical (unpaired) electrons. The summed E-state index contributed by atoms with van der Waals surface area (Å²) in [6, 6.07) is 6.89. The van der Waals surface area contributed by atoms with Crippen molar-refractivity contribution < 1.29 is 13.9 Å². The van der Waals surface area contributed by atoms with Gasteiger partial charge in [0.25, 0.3) is 0 Å². The van der Waals surface area contributed by atoms with Crippen LogP contribution < -0.4 is 0 Å². The van der Waals surface area contributed by atoms with Gasteiger partial charge in [-0.05, 0) is 41.6 Å². The van der Waals surface area contributed by atoms with Gasteiger partial charge in [0.2, 0.25) is 0 Å². The summed E-state index contributed by atoms with van der Waals surface area (Å²) < 4.78 is 23.0. The molecule has 1 unspecified atom stereocenters. The van der Waals surface area contributed by atoms with E-state index in [0.717, 1.165) is 30.2 Å². The first-order chi connectivity index (χ1) is 9.65. The summed E-state index contributed by atoms with van der Waals surface area (Å²) in [5.41, 5.74) is 1.24. The van der Waals surface area contributed by atoms with E-state index >= 15 is 0 Å². The third-order valence-electron chi connectivity index (χ3n) is 4.22. The second-order valence-electron chi connectivity index (χ2n) is 5.32. The van der Waals surface area contributed by atoms with E-state index in [1.54, 1.807) is 24.4 Å². The lowest BCUT2D eigenvalue weighted by Crippen LogP contribution is -2.34. The molecule has 1 aliphatic carbocycles. The fourth-order valence-corrected chi connectivity index (χ4v) is 4.18. The summed E-state index contributed by atoms with van der Waals surface area (Å²) in [4.78, 5) is 4.18. The molecule has 1 aliphatic rings. The lowest BCUT2D eigenvalue weighted by Gasteiger charge is -2.40. The monoisotopic (exact) mass is 290 g/mol. The first-order valence-corrected chi connectivity index (χ1v) is 7.89. The van der Waals surface area contributed by atoms with Crippen molar-refractivity contribution in [2.45, 2.75) is 36.9 Å². The van der Waals surface area contributed by atoms with Crippen LogP contribution in [0.25, 0.3) is 10.9 Å². The average molecular weight is 290 g/mol. The van der Waals surface area contributed by atoms with Gasteiger partial charge in [0.05, 0.1) is 4.75 Å². The molecule has 1 aromatic carbocycles. The molecular formula is C15H16NO3S-. The Kier molecular flexibility index (Phi) is 3.48. The molecule has 1 heterocycles. The quantitative estimate of drug-likeness (QED) is 0.863. The van der Waals surface area contributed by atoms with E-state index < -0.39 is 15.8 Å². The van der Waals surface area contributed by atoms with E-state index in [4.69, 9.17) is 0 Å². The van der Waals surface area contributed by atoms with E-state index in [1.807, 2.05) is 6.07 Å². The molecule has 0 amide bonds. The van der Waals surface area contributed by atoms with Gasteiger partial charge in [0, 0.05) is 11.6 Å². The van der Waals surface area contributed by atoms with E-state index in [9.17, 15) is 13.9 Å². The van der Waals surface area contributed by atoms with Crippen molar-refractivity contribution in [1.29, 1.82) is 0 Å². The number of phenols is 1. The zero-order valence-corrected chi connectivity index (χ0v) is 11.9. The number of pyridine rings is 1. The van der Waals surface area contributed by atoms with Gasteiger partial charge in [-0.25, -0.2) is 0 Å². The molecule has 1 fully saturated rings. The molecule has 20 heavy (non-hydrogen) atoms. The Balaban J connectivity index is 2.27. The van der Waals surface area contributed by atoms with Crippen molar-refractivity contribution in [2.75, 3.05) is 0 Å². The predicted octanol–water partition coefficient (Wildman–Crippen LogP) is 2.98. The fraction of sp³-hybridized carbons (Fsp3) is 0.400. The molecule has 0 aliphatic heterocycles. The number of fused-ring (bicyclic) bond motifs is 1. The molecular weight excluding hydrogens is 274 g/mol. The zero-order valence-electron chi connectivity index (χ0n) is 11.0. The molecule has 1 saturated carbocycles. The van der Waals surface area contributed by atoms with Crippen LogP contribution in [0.3, 0.4) is 0 Å². The average Bonchev–Trinajstić information content (AvgIpc) is 2.48. The van der Waals surface area contributed by atoms with Crippen LogP contribution in [-0.2, 0) is 15.8 Å². The molecule has 1 N–H and O–H groups in total. The predicted molar refractivity (Wildman–Crippen MR) is 77.1 cm³/mol. The summed E-state index contributed by atoms with van der Waals surface area (Å²) in [5, 5.41) is 10.6. The number of aromatic hydroxyl groups is 1. The standard InChI is InChI=1S/C15H17NO3S/c17-13-7-6-12(11-5-4-10-16-14(11)13)15(20(18)19)8-2-1-3-9-15/h4-7,10,17H,1-3,8-9H2,(H,18,19)/p-1. The van der Waals surface area contributed by atoms with E-state index in [2.05, 4.69) is 4.98 Å². The van der Waals surface area contributed by atoms with E-state index in [-0.39, 0.29) is 5.75 Å². The third-order valence-corrected chi connectivity index (χ3v) is 5.49. The number of rotatable bonds is 2. The smallest absolute Gasteiger partial charge is 0.141 e. The maximum Gasteiger partial charge on any atom is 0.141 e. The maximum atomic E-state index is 11.9. The highest BCUT2D eigenvalue weighted by Crippen LogP contribution is 2.45. The van der Waals surface area contributed by atoms with Gasteiger partial charge in [-0.2, -0.15) is 0 Å². The number of benzene rings is 1. The fourth-order valence-electron chi connectivity index (χ4n) is 3.20. The molecule has 0 saturated heterocycles. The molecule has 1 atom stereocenters. The number of hydrogen-bond acceptors (Lipinski definition) is 4. The van der Waals surface area contributed by atoms with Gasteiger partial charge in [-0.1, -0.05) is 31.4 Å². The molecule has 5 heteroatoms. The Morgan fingerprint density at radius 1 is 1.20 bits per heavy atom. The Morgan fingerprint density at radius 2 is 1.95 bits per heavy atom. The SMILES string of the molecule is O=S([O-])C1(c2ccc(O)c3ncccc23)CCCCC1. The minimum Gasteiger partial charge on any atom is -0.772 e. The summed E-state index contributed by atoms with van der Waals surface area (Å²) >= 11 is -2.18. The summed E-state index contributed by atoms with van der Waals surface area (Å²) in [5.74, 6) is 0.0898. The summed E-state index contributed by atoms with van der Waals surface area (Å²) in [6.45, 7) is 0. The van der Waals surface area contributed by atoms with Gasteiger partial charge < -0.3 is 9.66 Å². The second kappa shape index (κ2) is 5.14. The van der Waals surface area contributed by atoms with Gasteiger partial charge in [0.15, 0.2) is 0 Å². The van der Waals surface area contributed by atoms with E-state index in [1.165, 1.54) is 0 Å². The normalized spacial score (nSPS) is 19.9.